The summed E-state index contributed by atoms with van der Waals surface area (Å²) in [6, 6.07) is 17.2. The van der Waals surface area contributed by atoms with Crippen LogP contribution in [-0.4, -0.2) is 39.0 Å². The molecule has 0 aliphatic heterocycles. The molecule has 2 heterocycles. The number of pyridine rings is 1. The van der Waals surface area contributed by atoms with Gasteiger partial charge in [0.25, 0.3) is 5.91 Å². The Morgan fingerprint density at radius 2 is 1.97 bits per heavy atom. The summed E-state index contributed by atoms with van der Waals surface area (Å²) < 4.78 is 7.12. The molecule has 1 amide bonds. The molecule has 0 unspecified atom stereocenters. The lowest BCUT2D eigenvalue weighted by Crippen LogP contribution is -2.25. The molecule has 0 spiro atoms. The molecule has 0 saturated heterocycles. The molecule has 152 valence electrons. The molecule has 0 aliphatic carbocycles. The van der Waals surface area contributed by atoms with E-state index in [-0.39, 0.29) is 5.91 Å². The predicted molar refractivity (Wildman–Crippen MR) is 115 cm³/mol. The molecule has 2 aromatic carbocycles. The molecule has 2 aromatic heterocycles. The van der Waals surface area contributed by atoms with Gasteiger partial charge < -0.3 is 10.1 Å². The first-order chi connectivity index (χ1) is 14.7. The van der Waals surface area contributed by atoms with E-state index < -0.39 is 0 Å². The van der Waals surface area contributed by atoms with Crippen LogP contribution in [0.3, 0.4) is 0 Å². The highest BCUT2D eigenvalue weighted by Gasteiger charge is 2.13. The number of aryl methyl sites for hydroxylation is 1. The minimum absolute atomic E-state index is 0.125. The van der Waals surface area contributed by atoms with Crippen LogP contribution in [0.4, 0.5) is 0 Å². The number of carbonyl (C=O) groups is 1. The van der Waals surface area contributed by atoms with Gasteiger partial charge >= 0.3 is 0 Å². The SMILES string of the molecule is CCOc1ccc(CCNC(=O)c2ccc(C)c(-n3nnc4cccnc43)c2)cc1. The fraction of sp³-hybridized carbons (Fsp3) is 0.217. The number of nitrogens with zero attached hydrogens (tertiary/aromatic N) is 4. The molecule has 0 fully saturated rings. The van der Waals surface area contributed by atoms with Crippen molar-refractivity contribution in [3.05, 3.63) is 77.5 Å². The van der Waals surface area contributed by atoms with Crippen LogP contribution in [0, 0.1) is 6.92 Å². The average molecular weight is 401 g/mol. The molecule has 0 bridgehead atoms. The third-order valence-electron chi connectivity index (χ3n) is 4.84. The molecule has 4 aromatic rings. The first-order valence-corrected chi connectivity index (χ1v) is 9.93. The molecule has 4 rings (SSSR count). The van der Waals surface area contributed by atoms with Crippen LogP contribution in [0.25, 0.3) is 16.9 Å². The van der Waals surface area contributed by atoms with Gasteiger partial charge in [-0.2, -0.15) is 4.68 Å². The van der Waals surface area contributed by atoms with E-state index >= 15 is 0 Å². The largest absolute Gasteiger partial charge is 0.494 e. The number of aromatic nitrogens is 4. The highest BCUT2D eigenvalue weighted by Crippen LogP contribution is 2.19. The van der Waals surface area contributed by atoms with Gasteiger partial charge in [0.15, 0.2) is 5.65 Å². The maximum Gasteiger partial charge on any atom is 0.251 e. The minimum atomic E-state index is -0.125. The van der Waals surface area contributed by atoms with E-state index in [1.54, 1.807) is 10.9 Å². The standard InChI is InChI=1S/C23H23N5O2/c1-3-30-19-10-7-17(8-11-19)12-14-25-23(29)18-9-6-16(2)21(15-18)28-22-20(26-27-28)5-4-13-24-22/h4-11,13,15H,3,12,14H2,1-2H3,(H,25,29). The molecular formula is C23H23N5O2. The van der Waals surface area contributed by atoms with Gasteiger partial charge in [-0.05, 0) is 67.8 Å². The molecular weight excluding hydrogens is 378 g/mol. The number of benzene rings is 2. The molecule has 0 saturated carbocycles. The Balaban J connectivity index is 1.45. The van der Waals surface area contributed by atoms with E-state index in [2.05, 4.69) is 20.6 Å². The maximum atomic E-state index is 12.7. The van der Waals surface area contributed by atoms with Gasteiger partial charge in [-0.3, -0.25) is 4.79 Å². The van der Waals surface area contributed by atoms with Gasteiger partial charge in [-0.25, -0.2) is 4.98 Å². The van der Waals surface area contributed by atoms with Crippen molar-refractivity contribution in [2.45, 2.75) is 20.3 Å². The van der Waals surface area contributed by atoms with Crippen LogP contribution >= 0.6 is 0 Å². The van der Waals surface area contributed by atoms with Crippen LogP contribution in [0.15, 0.2) is 60.8 Å². The summed E-state index contributed by atoms with van der Waals surface area (Å²) in [5.74, 6) is 0.729. The first kappa shape index (κ1) is 19.6. The zero-order valence-electron chi connectivity index (χ0n) is 17.0. The van der Waals surface area contributed by atoms with E-state index in [0.29, 0.717) is 29.9 Å². The second kappa shape index (κ2) is 8.73. The van der Waals surface area contributed by atoms with Crippen molar-refractivity contribution < 1.29 is 9.53 Å². The van der Waals surface area contributed by atoms with Crippen molar-refractivity contribution >= 4 is 17.1 Å². The highest BCUT2D eigenvalue weighted by molar-refractivity contribution is 5.95. The Bertz CT molecular complexity index is 1170. The van der Waals surface area contributed by atoms with Gasteiger partial charge in [0.2, 0.25) is 0 Å². The number of rotatable bonds is 7. The normalized spacial score (nSPS) is 10.9. The third-order valence-corrected chi connectivity index (χ3v) is 4.84. The average Bonchev–Trinajstić information content (AvgIpc) is 3.19. The fourth-order valence-corrected chi connectivity index (χ4v) is 3.25. The summed E-state index contributed by atoms with van der Waals surface area (Å²) >= 11 is 0. The number of amides is 1. The Morgan fingerprint density at radius 1 is 1.13 bits per heavy atom. The second-order valence-electron chi connectivity index (χ2n) is 6.93. The third kappa shape index (κ3) is 4.15. The smallest absolute Gasteiger partial charge is 0.251 e. The molecule has 7 heteroatoms. The summed E-state index contributed by atoms with van der Waals surface area (Å²) in [5.41, 5.74) is 4.86. The Kier molecular flexibility index (Phi) is 5.70. The van der Waals surface area contributed by atoms with Crippen molar-refractivity contribution in [1.29, 1.82) is 0 Å². The van der Waals surface area contributed by atoms with Gasteiger partial charge in [-0.15, -0.1) is 5.10 Å². The van der Waals surface area contributed by atoms with Crippen LogP contribution in [0.5, 0.6) is 5.75 Å². The van der Waals surface area contributed by atoms with Crippen LogP contribution in [-0.2, 0) is 6.42 Å². The molecule has 1 N–H and O–H groups in total. The van der Waals surface area contributed by atoms with Gasteiger partial charge in [0, 0.05) is 18.3 Å². The monoisotopic (exact) mass is 401 g/mol. The summed E-state index contributed by atoms with van der Waals surface area (Å²) in [6.45, 7) is 5.12. The number of hydrogen-bond donors (Lipinski definition) is 1. The van der Waals surface area contributed by atoms with Gasteiger partial charge in [0.05, 0.1) is 12.3 Å². The van der Waals surface area contributed by atoms with Crippen molar-refractivity contribution in [3.8, 4) is 11.4 Å². The maximum absolute atomic E-state index is 12.7. The number of hydrogen-bond acceptors (Lipinski definition) is 5. The Morgan fingerprint density at radius 3 is 2.77 bits per heavy atom. The first-order valence-electron chi connectivity index (χ1n) is 9.93. The van der Waals surface area contributed by atoms with Gasteiger partial charge in [0.1, 0.15) is 11.3 Å². The molecule has 0 atom stereocenters. The summed E-state index contributed by atoms with van der Waals surface area (Å²) in [7, 11) is 0. The van der Waals surface area contributed by atoms with E-state index in [1.807, 2.05) is 68.4 Å². The zero-order valence-corrected chi connectivity index (χ0v) is 17.0. The Labute approximate surface area is 174 Å². The number of fused-ring (bicyclic) bond motifs is 1. The lowest BCUT2D eigenvalue weighted by atomic mass is 10.1. The zero-order chi connectivity index (χ0) is 20.9. The topological polar surface area (TPSA) is 81.9 Å². The minimum Gasteiger partial charge on any atom is -0.494 e. The van der Waals surface area contributed by atoms with Crippen LogP contribution in [0.2, 0.25) is 0 Å². The Hall–Kier alpha value is -3.74. The van der Waals surface area contributed by atoms with E-state index in [9.17, 15) is 4.79 Å². The molecule has 0 aliphatic rings. The van der Waals surface area contributed by atoms with Crippen LogP contribution < -0.4 is 10.1 Å². The quantitative estimate of drug-likeness (QED) is 0.513. The number of nitrogens with one attached hydrogen (secondary N) is 1. The number of ether oxygens (including phenoxy) is 1. The van der Waals surface area contributed by atoms with E-state index in [4.69, 9.17) is 4.74 Å². The van der Waals surface area contributed by atoms with Gasteiger partial charge in [-0.1, -0.05) is 23.4 Å². The van der Waals surface area contributed by atoms with Crippen LogP contribution in [0.1, 0.15) is 28.4 Å². The molecule has 30 heavy (non-hydrogen) atoms. The summed E-state index contributed by atoms with van der Waals surface area (Å²) in [6.07, 6.45) is 2.45. The summed E-state index contributed by atoms with van der Waals surface area (Å²) in [5, 5.41) is 11.3. The predicted octanol–water partition coefficient (Wildman–Crippen LogP) is 3.50. The molecule has 7 nitrogen and oxygen atoms in total. The van der Waals surface area contributed by atoms with Crippen molar-refractivity contribution in [1.82, 2.24) is 25.3 Å². The lowest BCUT2D eigenvalue weighted by Gasteiger charge is -2.10. The van der Waals surface area contributed by atoms with E-state index in [1.165, 1.54) is 0 Å². The fourth-order valence-electron chi connectivity index (χ4n) is 3.25. The highest BCUT2D eigenvalue weighted by atomic mass is 16.5. The van der Waals surface area contributed by atoms with Crippen molar-refractivity contribution in [2.24, 2.45) is 0 Å². The van der Waals surface area contributed by atoms with Crippen molar-refractivity contribution in [2.75, 3.05) is 13.2 Å². The number of carbonyl (C=O) groups excluding carboxylic acids is 1. The summed E-state index contributed by atoms with van der Waals surface area (Å²) in [4.78, 5) is 17.0. The van der Waals surface area contributed by atoms with E-state index in [0.717, 1.165) is 29.0 Å². The second-order valence-corrected chi connectivity index (χ2v) is 6.93. The molecule has 0 radical (unpaired) electrons. The lowest BCUT2D eigenvalue weighted by molar-refractivity contribution is 0.0954. The van der Waals surface area contributed by atoms with Crippen molar-refractivity contribution in [3.63, 3.8) is 0 Å².